The molecule has 316 valence electrons. The highest BCUT2D eigenvalue weighted by Crippen LogP contribution is 2.42. The van der Waals surface area contributed by atoms with E-state index in [1.807, 2.05) is 54.6 Å². The maximum atomic E-state index is 8.39. The standard InChI is InChI=1S/C61H37N7/c1-62-48-16-12-14-46(36-48)56-40-55(65-61(66-56)47-15-13-17-49(37-47)63-2)44-30-28-42(29-31-44)41-24-26-43(27-25-41)45-32-34-60(57(38-45)64-3)68-58-23-11-10-22-53(58)54-39-52(33-35-59(54)68)67(50-18-6-4-7-19-50)51-20-8-5-9-21-51/h4-40H. The van der Waals surface area contributed by atoms with Crippen LogP contribution < -0.4 is 4.90 Å². The van der Waals surface area contributed by atoms with E-state index in [0.717, 1.165) is 89.2 Å². The molecule has 7 heteroatoms. The van der Waals surface area contributed by atoms with Crippen molar-refractivity contribution in [3.63, 3.8) is 0 Å². The Morgan fingerprint density at radius 2 is 0.882 bits per heavy atom. The van der Waals surface area contributed by atoms with Gasteiger partial charge in [0.15, 0.2) is 17.2 Å². The molecular weight excluding hydrogens is 831 g/mol. The summed E-state index contributed by atoms with van der Waals surface area (Å²) < 4.78 is 2.22. The second kappa shape index (κ2) is 17.6. The van der Waals surface area contributed by atoms with E-state index in [0.29, 0.717) is 28.6 Å². The normalized spacial score (nSPS) is 10.9. The molecule has 0 bridgehead atoms. The van der Waals surface area contributed by atoms with Crippen LogP contribution in [0, 0.1) is 19.7 Å². The maximum absolute atomic E-state index is 8.39. The summed E-state index contributed by atoms with van der Waals surface area (Å²) in [6, 6.07) is 75.4. The lowest BCUT2D eigenvalue weighted by Crippen LogP contribution is -2.09. The first-order chi connectivity index (χ1) is 33.5. The molecular formula is C61H37N7. The van der Waals surface area contributed by atoms with Crippen LogP contribution in [0.5, 0.6) is 0 Å². The number of nitrogens with zero attached hydrogens (tertiary/aromatic N) is 7. The summed E-state index contributed by atoms with van der Waals surface area (Å²) in [5, 5.41) is 2.23. The van der Waals surface area contributed by atoms with Gasteiger partial charge in [-0.05, 0) is 107 Å². The number of para-hydroxylation sites is 3. The molecule has 7 nitrogen and oxygen atoms in total. The average molecular weight is 868 g/mol. The molecule has 9 aromatic carbocycles. The highest BCUT2D eigenvalue weighted by molar-refractivity contribution is 6.11. The molecule has 0 amide bonds. The Morgan fingerprint density at radius 1 is 0.353 bits per heavy atom. The van der Waals surface area contributed by atoms with Gasteiger partial charge in [-0.25, -0.2) is 24.5 Å². The van der Waals surface area contributed by atoms with Crippen molar-refractivity contribution in [3.8, 4) is 61.8 Å². The van der Waals surface area contributed by atoms with Gasteiger partial charge in [0.05, 0.1) is 47.8 Å². The summed E-state index contributed by atoms with van der Waals surface area (Å²) in [6.07, 6.45) is 0. The molecule has 2 aromatic heterocycles. The fourth-order valence-electron chi connectivity index (χ4n) is 8.95. The second-order valence-corrected chi connectivity index (χ2v) is 16.3. The monoisotopic (exact) mass is 867 g/mol. The summed E-state index contributed by atoms with van der Waals surface area (Å²) >= 11 is 0. The number of rotatable bonds is 9. The van der Waals surface area contributed by atoms with E-state index in [-0.39, 0.29) is 0 Å². The molecule has 0 fully saturated rings. The zero-order chi connectivity index (χ0) is 46.0. The van der Waals surface area contributed by atoms with E-state index in [1.54, 1.807) is 18.2 Å². The van der Waals surface area contributed by atoms with E-state index >= 15 is 0 Å². The van der Waals surface area contributed by atoms with Crippen molar-refractivity contribution >= 4 is 55.9 Å². The van der Waals surface area contributed by atoms with Crippen LogP contribution in [0.15, 0.2) is 224 Å². The Labute approximate surface area is 394 Å². The molecule has 0 atom stereocenters. The number of fused-ring (bicyclic) bond motifs is 3. The van der Waals surface area contributed by atoms with Crippen LogP contribution in [-0.4, -0.2) is 14.5 Å². The number of anilines is 3. The molecule has 0 unspecified atom stereocenters. The molecule has 0 aliphatic heterocycles. The summed E-state index contributed by atoms with van der Waals surface area (Å²) in [5.74, 6) is 0.504. The molecule has 68 heavy (non-hydrogen) atoms. The van der Waals surface area contributed by atoms with E-state index < -0.39 is 0 Å². The van der Waals surface area contributed by atoms with Gasteiger partial charge >= 0.3 is 0 Å². The Bertz CT molecular complexity index is 3700. The molecule has 0 aliphatic rings. The third-order valence-corrected chi connectivity index (χ3v) is 12.2. The minimum absolute atomic E-state index is 0.504. The van der Waals surface area contributed by atoms with Crippen molar-refractivity contribution in [3.05, 3.63) is 259 Å². The van der Waals surface area contributed by atoms with E-state index in [1.165, 1.54) is 0 Å². The van der Waals surface area contributed by atoms with Gasteiger partial charge in [0, 0.05) is 39.0 Å². The number of hydrogen-bond donors (Lipinski definition) is 0. The van der Waals surface area contributed by atoms with Crippen molar-refractivity contribution in [2.45, 2.75) is 0 Å². The molecule has 11 rings (SSSR count). The predicted molar refractivity (Wildman–Crippen MR) is 277 cm³/mol. The quantitative estimate of drug-likeness (QED) is 0.136. The minimum atomic E-state index is 0.504. The smallest absolute Gasteiger partial charge is 0.211 e. The van der Waals surface area contributed by atoms with Gasteiger partial charge in [0.2, 0.25) is 5.69 Å². The van der Waals surface area contributed by atoms with Crippen LogP contribution in [0.3, 0.4) is 0 Å². The van der Waals surface area contributed by atoms with Crippen molar-refractivity contribution in [1.82, 2.24) is 14.5 Å². The molecule has 0 spiro atoms. The van der Waals surface area contributed by atoms with E-state index in [9.17, 15) is 0 Å². The predicted octanol–water partition coefficient (Wildman–Crippen LogP) is 17.0. The summed E-state index contributed by atoms with van der Waals surface area (Å²) in [7, 11) is 0. The molecule has 0 N–H and O–H groups in total. The lowest BCUT2D eigenvalue weighted by Gasteiger charge is -2.25. The van der Waals surface area contributed by atoms with Crippen molar-refractivity contribution in [2.75, 3.05) is 4.90 Å². The molecule has 11 aromatic rings. The van der Waals surface area contributed by atoms with E-state index in [4.69, 9.17) is 29.7 Å². The number of aromatic nitrogens is 3. The SMILES string of the molecule is [C-]#[N+]c1cccc(-c2cc(-c3ccc(-c4ccc(-c5ccc(-n6c7ccccc7c7cc(N(c8ccccc8)c8ccccc8)ccc76)c([N+]#[C-])c5)cc4)cc3)nc(-c3cccc([N+]#[C-])c3)n2)c1. The average Bonchev–Trinajstić information content (AvgIpc) is 3.74. The van der Waals surface area contributed by atoms with Crippen LogP contribution in [0.2, 0.25) is 0 Å². The molecule has 0 saturated heterocycles. The zero-order valence-electron chi connectivity index (χ0n) is 36.5. The van der Waals surface area contributed by atoms with Gasteiger partial charge in [-0.15, -0.1) is 0 Å². The first-order valence-electron chi connectivity index (χ1n) is 22.1. The number of benzene rings is 9. The third-order valence-electron chi connectivity index (χ3n) is 12.2. The Balaban J connectivity index is 0.901. The largest absolute Gasteiger partial charge is 0.319 e. The fourth-order valence-corrected chi connectivity index (χ4v) is 8.95. The fraction of sp³-hybridized carbons (Fsp3) is 0. The summed E-state index contributed by atoms with van der Waals surface area (Å²) in [4.78, 5) is 23.5. The molecule has 0 radical (unpaired) electrons. The Morgan fingerprint density at radius 3 is 1.51 bits per heavy atom. The van der Waals surface area contributed by atoms with Crippen molar-refractivity contribution in [1.29, 1.82) is 0 Å². The van der Waals surface area contributed by atoms with Crippen LogP contribution in [0.4, 0.5) is 34.1 Å². The first-order valence-corrected chi connectivity index (χ1v) is 22.1. The summed E-state index contributed by atoms with van der Waals surface area (Å²) in [5.41, 5.74) is 15.7. The minimum Gasteiger partial charge on any atom is -0.319 e. The Kier molecular flexibility index (Phi) is 10.6. The van der Waals surface area contributed by atoms with Crippen LogP contribution >= 0.6 is 0 Å². The highest BCUT2D eigenvalue weighted by Gasteiger charge is 2.19. The first kappa shape index (κ1) is 40.9. The molecule has 0 saturated carbocycles. The van der Waals surface area contributed by atoms with Gasteiger partial charge in [-0.3, -0.25) is 0 Å². The van der Waals surface area contributed by atoms with Crippen LogP contribution in [0.1, 0.15) is 0 Å². The third kappa shape index (κ3) is 7.67. The number of hydrogen-bond acceptors (Lipinski definition) is 3. The molecule has 2 heterocycles. The van der Waals surface area contributed by atoms with Crippen molar-refractivity contribution in [2.24, 2.45) is 0 Å². The lowest BCUT2D eigenvalue weighted by molar-refractivity contribution is 1.18. The van der Waals surface area contributed by atoms with Crippen LogP contribution in [-0.2, 0) is 0 Å². The van der Waals surface area contributed by atoms with Crippen molar-refractivity contribution < 1.29 is 0 Å². The second-order valence-electron chi connectivity index (χ2n) is 16.3. The topological polar surface area (TPSA) is 47.0 Å². The summed E-state index contributed by atoms with van der Waals surface area (Å²) in [6.45, 7) is 23.5. The highest BCUT2D eigenvalue weighted by atomic mass is 15.1. The van der Waals surface area contributed by atoms with Gasteiger partial charge < -0.3 is 9.47 Å². The molecule has 0 aliphatic carbocycles. The maximum Gasteiger partial charge on any atom is 0.211 e. The Hall–Kier alpha value is -9.87. The van der Waals surface area contributed by atoms with Gasteiger partial charge in [0.1, 0.15) is 0 Å². The van der Waals surface area contributed by atoms with Gasteiger partial charge in [-0.2, -0.15) is 0 Å². The van der Waals surface area contributed by atoms with E-state index in [2.05, 4.69) is 176 Å². The lowest BCUT2D eigenvalue weighted by atomic mass is 9.98. The van der Waals surface area contributed by atoms with Crippen LogP contribution in [0.25, 0.3) is 98.2 Å². The van der Waals surface area contributed by atoms with Gasteiger partial charge in [0.25, 0.3) is 0 Å². The van der Waals surface area contributed by atoms with Gasteiger partial charge in [-0.1, -0.05) is 146 Å². The zero-order valence-corrected chi connectivity index (χ0v) is 36.5.